The molecule has 90 valence electrons. The largest absolute Gasteiger partial charge is 0.0885 e. The highest BCUT2D eigenvalue weighted by molar-refractivity contribution is 9.09. The minimum absolute atomic E-state index is 0.351. The Kier molecular flexibility index (Phi) is 5.04. The minimum atomic E-state index is 0.351. The number of hydrogen-bond donors (Lipinski definition) is 0. The first-order chi connectivity index (χ1) is 7.43. The molecule has 0 aromatic heterocycles. The van der Waals surface area contributed by atoms with Crippen molar-refractivity contribution in [2.75, 3.05) is 0 Å². The summed E-state index contributed by atoms with van der Waals surface area (Å²) in [7, 11) is 0. The second-order valence-electron chi connectivity index (χ2n) is 5.54. The van der Waals surface area contributed by atoms with E-state index in [1.165, 1.54) is 17.5 Å². The molecule has 0 amide bonds. The molecule has 1 atom stereocenters. The first kappa shape index (κ1) is 13.8. The number of benzene rings is 1. The monoisotopic (exact) mass is 282 g/mol. The summed E-state index contributed by atoms with van der Waals surface area (Å²) in [6, 6.07) is 9.02. The van der Waals surface area contributed by atoms with E-state index in [0.29, 0.717) is 10.2 Å². The molecule has 1 rings (SSSR count). The third-order valence-corrected chi connectivity index (χ3v) is 4.89. The molecule has 1 unspecified atom stereocenters. The fraction of sp³-hybridized carbons (Fsp3) is 0.600. The fourth-order valence-corrected chi connectivity index (χ4v) is 1.90. The number of halogens is 1. The lowest BCUT2D eigenvalue weighted by molar-refractivity contribution is 0.386. The van der Waals surface area contributed by atoms with E-state index in [9.17, 15) is 0 Å². The van der Waals surface area contributed by atoms with Gasteiger partial charge in [0.25, 0.3) is 0 Å². The van der Waals surface area contributed by atoms with E-state index < -0.39 is 0 Å². The summed E-state index contributed by atoms with van der Waals surface area (Å²) >= 11 is 3.78. The Morgan fingerprint density at radius 3 is 2.00 bits per heavy atom. The average Bonchev–Trinajstić information content (AvgIpc) is 2.25. The van der Waals surface area contributed by atoms with Crippen molar-refractivity contribution in [1.29, 1.82) is 0 Å². The predicted octanol–water partition coefficient (Wildman–Crippen LogP) is 4.99. The van der Waals surface area contributed by atoms with E-state index >= 15 is 0 Å². The molecular formula is C15H23Br. The van der Waals surface area contributed by atoms with Crippen molar-refractivity contribution < 1.29 is 0 Å². The van der Waals surface area contributed by atoms with Crippen molar-refractivity contribution in [2.45, 2.75) is 51.8 Å². The molecular weight excluding hydrogens is 260 g/mol. The van der Waals surface area contributed by atoms with Crippen LogP contribution in [-0.2, 0) is 12.8 Å². The van der Waals surface area contributed by atoms with Crippen LogP contribution in [0.15, 0.2) is 24.3 Å². The smallest absolute Gasteiger partial charge is 0.0197 e. The zero-order valence-corrected chi connectivity index (χ0v) is 12.5. The van der Waals surface area contributed by atoms with Gasteiger partial charge in [0.2, 0.25) is 0 Å². The van der Waals surface area contributed by atoms with Gasteiger partial charge in [-0.3, -0.25) is 0 Å². The lowest BCUT2D eigenvalue weighted by Gasteiger charge is -2.25. The average molecular weight is 283 g/mol. The first-order valence-electron chi connectivity index (χ1n) is 6.15. The van der Waals surface area contributed by atoms with Crippen LogP contribution in [0.2, 0.25) is 0 Å². The lowest BCUT2D eigenvalue weighted by atomic mass is 9.88. The molecule has 0 fully saturated rings. The molecule has 0 N–H and O–H groups in total. The standard InChI is InChI=1S/C15H23Br/c1-5-12-6-8-13(9-7-12)10-11-14(16)15(2,3)4/h6-9,14H,5,10-11H2,1-4H3. The van der Waals surface area contributed by atoms with Gasteiger partial charge in [0, 0.05) is 4.83 Å². The van der Waals surface area contributed by atoms with Crippen LogP contribution >= 0.6 is 15.9 Å². The van der Waals surface area contributed by atoms with Gasteiger partial charge in [-0.1, -0.05) is 67.9 Å². The van der Waals surface area contributed by atoms with Crippen LogP contribution in [0.1, 0.15) is 45.2 Å². The Labute approximate surface area is 109 Å². The molecule has 16 heavy (non-hydrogen) atoms. The molecule has 1 heteroatoms. The summed E-state index contributed by atoms with van der Waals surface area (Å²) in [5, 5.41) is 0. The van der Waals surface area contributed by atoms with Crippen molar-refractivity contribution in [3.05, 3.63) is 35.4 Å². The van der Waals surface area contributed by atoms with E-state index in [4.69, 9.17) is 0 Å². The maximum Gasteiger partial charge on any atom is 0.0197 e. The van der Waals surface area contributed by atoms with Crippen LogP contribution in [0.25, 0.3) is 0 Å². The molecule has 0 radical (unpaired) electrons. The van der Waals surface area contributed by atoms with Gasteiger partial charge in [0.05, 0.1) is 0 Å². The zero-order chi connectivity index (χ0) is 12.2. The minimum Gasteiger partial charge on any atom is -0.0885 e. The predicted molar refractivity (Wildman–Crippen MR) is 76.3 cm³/mol. The molecule has 0 saturated heterocycles. The van der Waals surface area contributed by atoms with Gasteiger partial charge < -0.3 is 0 Å². The maximum atomic E-state index is 3.78. The Balaban J connectivity index is 2.48. The van der Waals surface area contributed by atoms with Crippen molar-refractivity contribution in [3.63, 3.8) is 0 Å². The lowest BCUT2D eigenvalue weighted by Crippen LogP contribution is -2.20. The van der Waals surface area contributed by atoms with Crippen LogP contribution in [0, 0.1) is 5.41 Å². The third-order valence-electron chi connectivity index (χ3n) is 3.06. The van der Waals surface area contributed by atoms with Crippen LogP contribution in [0.3, 0.4) is 0 Å². The van der Waals surface area contributed by atoms with Crippen molar-refractivity contribution in [2.24, 2.45) is 5.41 Å². The Morgan fingerprint density at radius 2 is 1.56 bits per heavy atom. The van der Waals surface area contributed by atoms with Gasteiger partial charge in [-0.25, -0.2) is 0 Å². The highest BCUT2D eigenvalue weighted by atomic mass is 79.9. The van der Waals surface area contributed by atoms with E-state index in [2.05, 4.69) is 67.9 Å². The van der Waals surface area contributed by atoms with Gasteiger partial charge in [0.1, 0.15) is 0 Å². The molecule has 0 aliphatic carbocycles. The molecule has 0 bridgehead atoms. The highest BCUT2D eigenvalue weighted by Crippen LogP contribution is 2.29. The topological polar surface area (TPSA) is 0 Å². The van der Waals surface area contributed by atoms with Crippen molar-refractivity contribution in [1.82, 2.24) is 0 Å². The maximum absolute atomic E-state index is 3.78. The van der Waals surface area contributed by atoms with E-state index in [1.807, 2.05) is 0 Å². The quantitative estimate of drug-likeness (QED) is 0.683. The van der Waals surface area contributed by atoms with E-state index in [0.717, 1.165) is 12.8 Å². The number of hydrogen-bond acceptors (Lipinski definition) is 0. The Bertz CT molecular complexity index is 305. The summed E-state index contributed by atoms with van der Waals surface area (Å²) in [4.78, 5) is 0.589. The van der Waals surface area contributed by atoms with Gasteiger partial charge in [0.15, 0.2) is 0 Å². The fourth-order valence-electron chi connectivity index (χ4n) is 1.67. The normalized spacial score (nSPS) is 13.8. The number of alkyl halides is 1. The Hall–Kier alpha value is -0.300. The highest BCUT2D eigenvalue weighted by Gasteiger charge is 2.20. The van der Waals surface area contributed by atoms with E-state index in [-0.39, 0.29) is 0 Å². The van der Waals surface area contributed by atoms with E-state index in [1.54, 1.807) is 0 Å². The van der Waals surface area contributed by atoms with Gasteiger partial charge in [-0.2, -0.15) is 0 Å². The van der Waals surface area contributed by atoms with Gasteiger partial charge >= 0.3 is 0 Å². The molecule has 0 spiro atoms. The molecule has 0 nitrogen and oxygen atoms in total. The summed E-state index contributed by atoms with van der Waals surface area (Å²) in [6.07, 6.45) is 3.50. The van der Waals surface area contributed by atoms with Crippen molar-refractivity contribution >= 4 is 15.9 Å². The Morgan fingerprint density at radius 1 is 1.06 bits per heavy atom. The summed E-state index contributed by atoms with van der Waals surface area (Å²) in [5.74, 6) is 0. The summed E-state index contributed by atoms with van der Waals surface area (Å²) in [6.45, 7) is 9.05. The SMILES string of the molecule is CCc1ccc(CCC(Br)C(C)(C)C)cc1. The van der Waals surface area contributed by atoms with Crippen molar-refractivity contribution in [3.8, 4) is 0 Å². The molecule has 1 aromatic carbocycles. The molecule has 0 saturated carbocycles. The zero-order valence-electron chi connectivity index (χ0n) is 10.9. The number of rotatable bonds is 4. The molecule has 0 aliphatic rings. The molecule has 1 aromatic rings. The van der Waals surface area contributed by atoms with Crippen LogP contribution in [0.4, 0.5) is 0 Å². The first-order valence-corrected chi connectivity index (χ1v) is 7.07. The second kappa shape index (κ2) is 5.86. The van der Waals surface area contributed by atoms with Crippen LogP contribution in [-0.4, -0.2) is 4.83 Å². The molecule has 0 aliphatic heterocycles. The second-order valence-corrected chi connectivity index (χ2v) is 6.65. The van der Waals surface area contributed by atoms with Crippen LogP contribution in [0.5, 0.6) is 0 Å². The summed E-state index contributed by atoms with van der Waals surface area (Å²) < 4.78 is 0. The van der Waals surface area contributed by atoms with Gasteiger partial charge in [-0.15, -0.1) is 0 Å². The van der Waals surface area contributed by atoms with Crippen LogP contribution < -0.4 is 0 Å². The molecule has 0 heterocycles. The number of aryl methyl sites for hydroxylation is 2. The summed E-state index contributed by atoms with van der Waals surface area (Å²) in [5.41, 5.74) is 3.23. The third kappa shape index (κ3) is 4.29. The van der Waals surface area contributed by atoms with Gasteiger partial charge in [-0.05, 0) is 35.8 Å².